The summed E-state index contributed by atoms with van der Waals surface area (Å²) in [6.07, 6.45) is -1.52. The van der Waals surface area contributed by atoms with Gasteiger partial charge in [0.2, 0.25) is 0 Å². The number of hydrogen-bond acceptors (Lipinski definition) is 7. The third-order valence-corrected chi connectivity index (χ3v) is 10.3. The molecule has 2 aliphatic heterocycles. The maximum Gasteiger partial charge on any atom is 0.573 e. The molecule has 2 fully saturated rings. The van der Waals surface area contributed by atoms with Crippen molar-refractivity contribution in [1.82, 2.24) is 20.1 Å². The lowest BCUT2D eigenvalue weighted by molar-refractivity contribution is -0.274. The molecule has 2 amide bonds. The van der Waals surface area contributed by atoms with Gasteiger partial charge in [-0.3, -0.25) is 19.5 Å². The summed E-state index contributed by atoms with van der Waals surface area (Å²) in [6, 6.07) is 13.4. The summed E-state index contributed by atoms with van der Waals surface area (Å²) in [5, 5.41) is 2.32. The standard InChI is InChI=1S/C31H32F4N4O5S/c32-23-4-8-26(9-5-23)45(42,43)27-13-17-39(18-14-27)30(41)28-10-3-22(19-36-28)29(40)37-24-11-15-38(16-12-24)20-21-1-6-25(7-2-21)44-31(33,34)35/h1-10,19,24,27H,11-18,20H2,(H,37,40). The van der Waals surface area contributed by atoms with Crippen LogP contribution in [-0.2, 0) is 16.4 Å². The minimum Gasteiger partial charge on any atom is -0.406 e. The number of benzene rings is 2. The van der Waals surface area contributed by atoms with Crippen LogP contribution in [0.1, 0.15) is 52.1 Å². The van der Waals surface area contributed by atoms with E-state index >= 15 is 0 Å². The van der Waals surface area contributed by atoms with Gasteiger partial charge in [-0.25, -0.2) is 12.8 Å². The number of likely N-dealkylation sites (tertiary alicyclic amines) is 2. The first kappa shape index (κ1) is 32.4. The molecule has 0 bridgehead atoms. The van der Waals surface area contributed by atoms with Crippen molar-refractivity contribution >= 4 is 21.7 Å². The molecular weight excluding hydrogens is 616 g/mol. The minimum absolute atomic E-state index is 0.0573. The Labute approximate surface area is 258 Å². The van der Waals surface area contributed by atoms with Crippen LogP contribution in [0.4, 0.5) is 17.6 Å². The molecule has 0 atom stereocenters. The van der Waals surface area contributed by atoms with Gasteiger partial charge in [-0.2, -0.15) is 0 Å². The summed E-state index contributed by atoms with van der Waals surface area (Å²) < 4.78 is 80.0. The summed E-state index contributed by atoms with van der Waals surface area (Å²) in [5.74, 6) is -1.45. The average Bonchev–Trinajstić information content (AvgIpc) is 3.02. The topological polar surface area (TPSA) is 109 Å². The molecule has 0 spiro atoms. The second kappa shape index (κ2) is 13.5. The van der Waals surface area contributed by atoms with Gasteiger partial charge in [-0.1, -0.05) is 12.1 Å². The zero-order chi connectivity index (χ0) is 32.2. The number of nitrogens with zero attached hydrogens (tertiary/aromatic N) is 3. The molecule has 3 heterocycles. The molecule has 45 heavy (non-hydrogen) atoms. The lowest BCUT2D eigenvalue weighted by Crippen LogP contribution is -2.44. The summed E-state index contributed by atoms with van der Waals surface area (Å²) >= 11 is 0. The highest BCUT2D eigenvalue weighted by atomic mass is 32.2. The second-order valence-corrected chi connectivity index (χ2v) is 13.4. The van der Waals surface area contributed by atoms with Crippen LogP contribution in [-0.4, -0.2) is 78.8 Å². The van der Waals surface area contributed by atoms with Gasteiger partial charge in [0, 0.05) is 45.0 Å². The summed E-state index contributed by atoms with van der Waals surface area (Å²) in [7, 11) is -3.65. The van der Waals surface area contributed by atoms with E-state index in [4.69, 9.17) is 0 Å². The van der Waals surface area contributed by atoms with E-state index in [1.54, 1.807) is 12.1 Å². The van der Waals surface area contributed by atoms with Crippen molar-refractivity contribution in [3.8, 4) is 5.75 Å². The molecular formula is C31H32F4N4O5S. The fourth-order valence-electron chi connectivity index (χ4n) is 5.56. The van der Waals surface area contributed by atoms with Gasteiger partial charge in [-0.05, 0) is 79.8 Å². The number of piperidine rings is 2. The second-order valence-electron chi connectivity index (χ2n) is 11.1. The van der Waals surface area contributed by atoms with Gasteiger partial charge in [0.25, 0.3) is 11.8 Å². The van der Waals surface area contributed by atoms with Crippen molar-refractivity contribution in [2.75, 3.05) is 26.2 Å². The zero-order valence-electron chi connectivity index (χ0n) is 24.2. The molecule has 1 aromatic heterocycles. The summed E-state index contributed by atoms with van der Waals surface area (Å²) in [5.41, 5.74) is 1.31. The summed E-state index contributed by atoms with van der Waals surface area (Å²) in [6.45, 7) is 2.40. The van der Waals surface area contributed by atoms with Crippen LogP contribution in [0.15, 0.2) is 71.8 Å². The van der Waals surface area contributed by atoms with Crippen LogP contribution in [0.25, 0.3) is 0 Å². The maximum atomic E-state index is 13.2. The minimum atomic E-state index is -4.73. The fraction of sp³-hybridized carbons (Fsp3) is 0.387. The van der Waals surface area contributed by atoms with Crippen LogP contribution >= 0.6 is 0 Å². The molecule has 240 valence electrons. The first-order valence-electron chi connectivity index (χ1n) is 14.5. The number of sulfone groups is 1. The smallest absolute Gasteiger partial charge is 0.406 e. The van der Waals surface area contributed by atoms with Crippen molar-refractivity contribution in [2.24, 2.45) is 0 Å². The number of aromatic nitrogens is 1. The number of hydrogen-bond donors (Lipinski definition) is 1. The van der Waals surface area contributed by atoms with E-state index in [2.05, 4.69) is 19.9 Å². The first-order valence-corrected chi connectivity index (χ1v) is 16.0. The van der Waals surface area contributed by atoms with E-state index in [-0.39, 0.29) is 60.1 Å². The molecule has 2 saturated heterocycles. The maximum absolute atomic E-state index is 13.2. The Kier molecular flexibility index (Phi) is 9.73. The van der Waals surface area contributed by atoms with Gasteiger partial charge >= 0.3 is 6.36 Å². The van der Waals surface area contributed by atoms with Gasteiger partial charge < -0.3 is 15.0 Å². The van der Waals surface area contributed by atoms with E-state index < -0.39 is 27.3 Å². The lowest BCUT2D eigenvalue weighted by Gasteiger charge is -2.32. The number of nitrogens with one attached hydrogen (secondary N) is 1. The highest BCUT2D eigenvalue weighted by Gasteiger charge is 2.34. The summed E-state index contributed by atoms with van der Waals surface area (Å²) in [4.78, 5) is 33.8. The average molecular weight is 649 g/mol. The molecule has 5 rings (SSSR count). The Morgan fingerprint density at radius 2 is 1.53 bits per heavy atom. The van der Waals surface area contributed by atoms with E-state index in [9.17, 15) is 35.6 Å². The highest BCUT2D eigenvalue weighted by molar-refractivity contribution is 7.92. The predicted octanol–water partition coefficient (Wildman–Crippen LogP) is 4.59. The quantitative estimate of drug-likeness (QED) is 0.281. The number of halogens is 4. The molecule has 2 aliphatic rings. The number of alkyl halides is 3. The van der Waals surface area contributed by atoms with E-state index in [1.807, 2.05) is 0 Å². The van der Waals surface area contributed by atoms with Crippen molar-refractivity contribution in [3.63, 3.8) is 0 Å². The SMILES string of the molecule is O=C(NC1CCN(Cc2ccc(OC(F)(F)F)cc2)CC1)c1ccc(C(=O)N2CCC(S(=O)(=O)c3ccc(F)cc3)CC2)nc1. The number of carbonyl (C=O) groups is 2. The number of ether oxygens (including phenoxy) is 1. The van der Waals surface area contributed by atoms with Gasteiger partial charge in [0.1, 0.15) is 17.3 Å². The molecule has 0 saturated carbocycles. The van der Waals surface area contributed by atoms with Crippen LogP contribution in [0.2, 0.25) is 0 Å². The molecule has 0 unspecified atom stereocenters. The van der Waals surface area contributed by atoms with Gasteiger partial charge in [0.05, 0.1) is 15.7 Å². The Bertz CT molecular complexity index is 1580. The monoisotopic (exact) mass is 648 g/mol. The van der Waals surface area contributed by atoms with Crippen LogP contribution in [0, 0.1) is 5.82 Å². The normalized spacial score (nSPS) is 17.2. The molecule has 0 radical (unpaired) electrons. The Morgan fingerprint density at radius 1 is 0.889 bits per heavy atom. The van der Waals surface area contributed by atoms with E-state index in [0.29, 0.717) is 38.0 Å². The molecule has 3 aromatic rings. The predicted molar refractivity (Wildman–Crippen MR) is 156 cm³/mol. The van der Waals surface area contributed by atoms with Crippen LogP contribution < -0.4 is 10.1 Å². The third kappa shape index (κ3) is 8.37. The zero-order valence-corrected chi connectivity index (χ0v) is 25.0. The van der Waals surface area contributed by atoms with Crippen molar-refractivity contribution in [2.45, 2.75) is 54.8 Å². The largest absolute Gasteiger partial charge is 0.573 e. The highest BCUT2D eigenvalue weighted by Crippen LogP contribution is 2.26. The van der Waals surface area contributed by atoms with Gasteiger partial charge in [-0.15, -0.1) is 13.2 Å². The van der Waals surface area contributed by atoms with Crippen LogP contribution in [0.3, 0.4) is 0 Å². The third-order valence-electron chi connectivity index (χ3n) is 8.04. The van der Waals surface area contributed by atoms with Crippen LogP contribution in [0.5, 0.6) is 5.75 Å². The molecule has 9 nitrogen and oxygen atoms in total. The van der Waals surface area contributed by atoms with Gasteiger partial charge in [0.15, 0.2) is 9.84 Å². The number of pyridine rings is 1. The Morgan fingerprint density at radius 3 is 2.11 bits per heavy atom. The Hall–Kier alpha value is -4.04. The molecule has 14 heteroatoms. The lowest BCUT2D eigenvalue weighted by atomic mass is 10.0. The Balaban J connectivity index is 1.06. The number of amides is 2. The molecule has 1 N–H and O–H groups in total. The van der Waals surface area contributed by atoms with Crippen molar-refractivity contribution in [1.29, 1.82) is 0 Å². The molecule has 2 aromatic carbocycles. The number of rotatable bonds is 8. The first-order chi connectivity index (χ1) is 21.4. The fourth-order valence-corrected chi connectivity index (χ4v) is 7.29. The number of carbonyl (C=O) groups excluding carboxylic acids is 2. The van der Waals surface area contributed by atoms with Crippen molar-refractivity contribution in [3.05, 3.63) is 89.5 Å². The van der Waals surface area contributed by atoms with E-state index in [1.165, 1.54) is 47.5 Å². The van der Waals surface area contributed by atoms with E-state index in [0.717, 1.165) is 17.7 Å². The van der Waals surface area contributed by atoms with Crippen molar-refractivity contribution < 1.29 is 40.3 Å². The molecule has 0 aliphatic carbocycles.